The molecule has 1 saturated heterocycles. The largest absolute Gasteiger partial charge is 0.392 e. The summed E-state index contributed by atoms with van der Waals surface area (Å²) in [7, 11) is 0. The molecule has 2 nitrogen and oxygen atoms in total. The molecule has 1 N–H and O–H groups in total. The molecule has 2 aliphatic heterocycles. The molecular formula is C18H19NO. The van der Waals surface area contributed by atoms with Gasteiger partial charge in [-0.2, -0.15) is 0 Å². The molecule has 3 atom stereocenters. The molecule has 1 fully saturated rings. The Morgan fingerprint density at radius 1 is 1.05 bits per heavy atom. The highest BCUT2D eigenvalue weighted by atomic mass is 16.3. The van der Waals surface area contributed by atoms with Gasteiger partial charge in [-0.1, -0.05) is 48.5 Å². The van der Waals surface area contributed by atoms with Crippen LogP contribution < -0.4 is 0 Å². The van der Waals surface area contributed by atoms with E-state index in [1.807, 2.05) is 0 Å². The Hall–Kier alpha value is -1.64. The van der Waals surface area contributed by atoms with Gasteiger partial charge in [0.05, 0.1) is 6.10 Å². The van der Waals surface area contributed by atoms with E-state index in [-0.39, 0.29) is 12.0 Å². The van der Waals surface area contributed by atoms with Crippen LogP contribution in [0, 0.1) is 5.92 Å². The second-order valence-electron chi connectivity index (χ2n) is 5.91. The first-order valence-electron chi connectivity index (χ1n) is 7.41. The highest BCUT2D eigenvalue weighted by Crippen LogP contribution is 2.37. The molecule has 0 aliphatic carbocycles. The van der Waals surface area contributed by atoms with Crippen LogP contribution >= 0.6 is 0 Å². The fourth-order valence-corrected chi connectivity index (χ4v) is 3.64. The average molecular weight is 265 g/mol. The van der Waals surface area contributed by atoms with Crippen molar-refractivity contribution in [1.29, 1.82) is 0 Å². The number of piperidine rings is 1. The fraction of sp³-hybridized carbons (Fsp3) is 0.333. The number of nitrogens with zero attached hydrogens (tertiary/aromatic N) is 1. The van der Waals surface area contributed by atoms with E-state index in [1.54, 1.807) is 0 Å². The quantitative estimate of drug-likeness (QED) is 0.857. The van der Waals surface area contributed by atoms with E-state index < -0.39 is 0 Å². The highest BCUT2D eigenvalue weighted by molar-refractivity contribution is 5.94. The van der Waals surface area contributed by atoms with E-state index in [9.17, 15) is 5.11 Å². The summed E-state index contributed by atoms with van der Waals surface area (Å²) < 4.78 is 0. The lowest BCUT2D eigenvalue weighted by Crippen LogP contribution is -2.46. The number of rotatable bonds is 1. The molecule has 2 aliphatic rings. The van der Waals surface area contributed by atoms with Crippen LogP contribution in [-0.2, 0) is 0 Å². The zero-order chi connectivity index (χ0) is 13.5. The Morgan fingerprint density at radius 2 is 1.90 bits per heavy atom. The Labute approximate surface area is 119 Å². The van der Waals surface area contributed by atoms with Crippen molar-refractivity contribution in [1.82, 2.24) is 4.90 Å². The van der Waals surface area contributed by atoms with Crippen LogP contribution in [0.15, 0.2) is 48.5 Å². The summed E-state index contributed by atoms with van der Waals surface area (Å²) in [6.45, 7) is 3.04. The molecule has 1 unspecified atom stereocenters. The lowest BCUT2D eigenvalue weighted by molar-refractivity contribution is 0.0509. The Bertz CT molecular complexity index is 671. The first-order valence-corrected chi connectivity index (χ1v) is 7.41. The van der Waals surface area contributed by atoms with Gasteiger partial charge in [-0.3, -0.25) is 4.90 Å². The van der Waals surface area contributed by atoms with Crippen molar-refractivity contribution in [3.63, 3.8) is 0 Å². The van der Waals surface area contributed by atoms with Crippen LogP contribution in [-0.4, -0.2) is 35.7 Å². The molecule has 20 heavy (non-hydrogen) atoms. The average Bonchev–Trinajstić information content (AvgIpc) is 2.51. The lowest BCUT2D eigenvalue weighted by Gasteiger charge is -2.41. The molecule has 2 heterocycles. The minimum atomic E-state index is -0.197. The van der Waals surface area contributed by atoms with E-state index in [2.05, 4.69) is 53.4 Å². The number of fused-ring (bicyclic) bond motifs is 3. The molecule has 2 aromatic carbocycles. The van der Waals surface area contributed by atoms with Gasteiger partial charge < -0.3 is 5.11 Å². The molecule has 0 amide bonds. The summed E-state index contributed by atoms with van der Waals surface area (Å²) in [5.41, 5.74) is 2.64. The molecular weight excluding hydrogens is 246 g/mol. The molecule has 0 radical (unpaired) electrons. The molecule has 2 bridgehead atoms. The number of benzene rings is 2. The summed E-state index contributed by atoms with van der Waals surface area (Å²) in [6, 6.07) is 15.0. The summed E-state index contributed by atoms with van der Waals surface area (Å²) >= 11 is 0. The third kappa shape index (κ3) is 1.88. The molecule has 0 spiro atoms. The number of hydrogen-bond acceptors (Lipinski definition) is 2. The third-order valence-corrected chi connectivity index (χ3v) is 4.73. The van der Waals surface area contributed by atoms with Crippen molar-refractivity contribution < 1.29 is 5.11 Å². The second kappa shape index (κ2) is 4.72. The van der Waals surface area contributed by atoms with Gasteiger partial charge >= 0.3 is 0 Å². The van der Waals surface area contributed by atoms with Crippen molar-refractivity contribution in [2.24, 2.45) is 5.92 Å². The minimum Gasteiger partial charge on any atom is -0.392 e. The third-order valence-electron chi connectivity index (χ3n) is 4.73. The van der Waals surface area contributed by atoms with E-state index in [0.29, 0.717) is 0 Å². The van der Waals surface area contributed by atoms with E-state index in [4.69, 9.17) is 0 Å². The Morgan fingerprint density at radius 3 is 2.85 bits per heavy atom. The van der Waals surface area contributed by atoms with E-state index in [1.165, 1.54) is 21.9 Å². The van der Waals surface area contributed by atoms with Crippen molar-refractivity contribution in [2.45, 2.75) is 12.5 Å². The second-order valence-corrected chi connectivity index (χ2v) is 5.91. The molecule has 0 aromatic heterocycles. The van der Waals surface area contributed by atoms with Gasteiger partial charge in [-0.25, -0.2) is 0 Å². The van der Waals surface area contributed by atoms with Gasteiger partial charge in [-0.15, -0.1) is 0 Å². The van der Waals surface area contributed by atoms with Crippen molar-refractivity contribution in [3.05, 3.63) is 54.1 Å². The summed E-state index contributed by atoms with van der Waals surface area (Å²) in [5, 5.41) is 12.9. The van der Waals surface area contributed by atoms with Gasteiger partial charge in [0.1, 0.15) is 0 Å². The predicted octanol–water partition coefficient (Wildman–Crippen LogP) is 2.92. The fourth-order valence-electron chi connectivity index (χ4n) is 3.64. The Balaban J connectivity index is 1.86. The summed E-state index contributed by atoms with van der Waals surface area (Å²) in [4.78, 5) is 2.44. The van der Waals surface area contributed by atoms with Gasteiger partial charge in [0, 0.05) is 25.6 Å². The number of aliphatic hydroxyl groups is 1. The highest BCUT2D eigenvalue weighted by Gasteiger charge is 2.33. The topological polar surface area (TPSA) is 23.5 Å². The van der Waals surface area contributed by atoms with Gasteiger partial charge in [0.2, 0.25) is 0 Å². The van der Waals surface area contributed by atoms with Crippen molar-refractivity contribution in [3.8, 4) is 0 Å². The molecule has 4 rings (SSSR count). The van der Waals surface area contributed by atoms with Gasteiger partial charge in [-0.05, 0) is 28.3 Å². The number of hydrogen-bond donors (Lipinski definition) is 1. The van der Waals surface area contributed by atoms with Crippen LogP contribution in [0.2, 0.25) is 0 Å². The van der Waals surface area contributed by atoms with Crippen LogP contribution in [0.4, 0.5) is 0 Å². The standard InChI is InChI=1S/C18H19NO/c20-18-9-11-19-10-8-16(17(18)12-19)15-7-3-5-13-4-1-2-6-14(13)15/h1-8,17-18,20H,9-12H2/t17-,18-/m0/s1. The van der Waals surface area contributed by atoms with Crippen molar-refractivity contribution >= 4 is 16.3 Å². The first kappa shape index (κ1) is 12.1. The molecule has 0 saturated carbocycles. The smallest absolute Gasteiger partial charge is 0.0633 e. The zero-order valence-corrected chi connectivity index (χ0v) is 11.5. The van der Waals surface area contributed by atoms with Crippen molar-refractivity contribution in [2.75, 3.05) is 19.6 Å². The van der Waals surface area contributed by atoms with E-state index >= 15 is 0 Å². The monoisotopic (exact) mass is 265 g/mol. The van der Waals surface area contributed by atoms with Crippen LogP contribution in [0.1, 0.15) is 12.0 Å². The molecule has 2 aromatic rings. The van der Waals surface area contributed by atoms with Crippen LogP contribution in [0.5, 0.6) is 0 Å². The van der Waals surface area contributed by atoms with Gasteiger partial charge in [0.15, 0.2) is 0 Å². The van der Waals surface area contributed by atoms with Crippen LogP contribution in [0.3, 0.4) is 0 Å². The summed E-state index contributed by atoms with van der Waals surface area (Å²) in [6.07, 6.45) is 3.02. The Kier molecular flexibility index (Phi) is 2.86. The van der Waals surface area contributed by atoms with E-state index in [0.717, 1.165) is 26.1 Å². The predicted molar refractivity (Wildman–Crippen MR) is 82.5 cm³/mol. The lowest BCUT2D eigenvalue weighted by atomic mass is 9.80. The number of aliphatic hydroxyl groups excluding tert-OH is 1. The normalized spacial score (nSPS) is 29.2. The van der Waals surface area contributed by atoms with Crippen LogP contribution in [0.25, 0.3) is 16.3 Å². The maximum Gasteiger partial charge on any atom is 0.0633 e. The molecule has 2 heteroatoms. The maximum atomic E-state index is 10.4. The van der Waals surface area contributed by atoms with Gasteiger partial charge in [0.25, 0.3) is 0 Å². The molecule has 102 valence electrons. The summed E-state index contributed by atoms with van der Waals surface area (Å²) in [5.74, 6) is 0.267. The SMILES string of the molecule is O[C@H]1CCN2CC=C(c3cccc4ccccc34)[C@@H]1C2. The zero-order valence-electron chi connectivity index (χ0n) is 11.5. The first-order chi connectivity index (χ1) is 9.83. The maximum absolute atomic E-state index is 10.4. The minimum absolute atomic E-state index is 0.197.